The number of hydrogen-bond donors (Lipinski definition) is 1. The zero-order valence-electron chi connectivity index (χ0n) is 10.3. The van der Waals surface area contributed by atoms with E-state index in [0.29, 0.717) is 4.75 Å². The van der Waals surface area contributed by atoms with Crippen molar-refractivity contribution in [3.05, 3.63) is 24.3 Å². The summed E-state index contributed by atoms with van der Waals surface area (Å²) in [5.74, 6) is 2.04. The van der Waals surface area contributed by atoms with Crippen LogP contribution in [0.4, 0.5) is 5.69 Å². The first kappa shape index (κ1) is 13.2. The first-order valence-corrected chi connectivity index (χ1v) is 6.58. The van der Waals surface area contributed by atoms with Crippen molar-refractivity contribution in [1.29, 1.82) is 0 Å². The van der Waals surface area contributed by atoms with Crippen LogP contribution in [0.3, 0.4) is 0 Å². The fourth-order valence-electron chi connectivity index (χ4n) is 1.19. The van der Waals surface area contributed by atoms with Crippen molar-refractivity contribution < 1.29 is 4.74 Å². The molecule has 0 radical (unpaired) electrons. The first-order chi connectivity index (χ1) is 7.47. The number of nitrogens with two attached hydrogens (primary N) is 1. The highest BCUT2D eigenvalue weighted by atomic mass is 32.2. The molecule has 0 spiro atoms. The second kappa shape index (κ2) is 6.04. The molecule has 0 atom stereocenters. The van der Waals surface area contributed by atoms with Gasteiger partial charge in [0.1, 0.15) is 5.75 Å². The Morgan fingerprint density at radius 1 is 1.19 bits per heavy atom. The molecule has 0 aromatic heterocycles. The fourth-order valence-corrected chi connectivity index (χ4v) is 2.07. The molecule has 3 heteroatoms. The van der Waals surface area contributed by atoms with Gasteiger partial charge >= 0.3 is 0 Å². The smallest absolute Gasteiger partial charge is 0.119 e. The van der Waals surface area contributed by atoms with E-state index in [1.807, 2.05) is 36.0 Å². The molecule has 2 N–H and O–H groups in total. The van der Waals surface area contributed by atoms with Gasteiger partial charge in [0.05, 0.1) is 6.61 Å². The lowest BCUT2D eigenvalue weighted by molar-refractivity contribution is 0.318. The van der Waals surface area contributed by atoms with Gasteiger partial charge in [0.15, 0.2) is 0 Å². The Balaban J connectivity index is 2.14. The molecule has 0 saturated carbocycles. The quantitative estimate of drug-likeness (QED) is 0.630. The van der Waals surface area contributed by atoms with Crippen LogP contribution < -0.4 is 10.5 Å². The molecule has 16 heavy (non-hydrogen) atoms. The van der Waals surface area contributed by atoms with Gasteiger partial charge in [-0.15, -0.1) is 0 Å². The summed E-state index contributed by atoms with van der Waals surface area (Å²) in [7, 11) is 0. The first-order valence-electron chi connectivity index (χ1n) is 5.60. The Morgan fingerprint density at radius 3 is 2.38 bits per heavy atom. The van der Waals surface area contributed by atoms with Gasteiger partial charge in [0.25, 0.3) is 0 Å². The van der Waals surface area contributed by atoms with E-state index in [1.165, 1.54) is 0 Å². The summed E-state index contributed by atoms with van der Waals surface area (Å²) < 4.78 is 5.96. The van der Waals surface area contributed by atoms with Gasteiger partial charge in [-0.2, -0.15) is 11.8 Å². The van der Waals surface area contributed by atoms with Crippen LogP contribution in [0.1, 0.15) is 27.2 Å². The molecule has 0 heterocycles. The fraction of sp³-hybridized carbons (Fsp3) is 0.538. The lowest BCUT2D eigenvalue weighted by atomic mass is 10.3. The maximum Gasteiger partial charge on any atom is 0.119 e. The Labute approximate surface area is 103 Å². The number of benzene rings is 1. The molecule has 0 saturated heterocycles. The van der Waals surface area contributed by atoms with Crippen LogP contribution >= 0.6 is 11.8 Å². The van der Waals surface area contributed by atoms with Crippen LogP contribution in [-0.4, -0.2) is 17.1 Å². The van der Waals surface area contributed by atoms with Gasteiger partial charge in [0.2, 0.25) is 0 Å². The molecule has 0 fully saturated rings. The zero-order valence-corrected chi connectivity index (χ0v) is 11.1. The highest BCUT2D eigenvalue weighted by Crippen LogP contribution is 2.23. The van der Waals surface area contributed by atoms with Crippen molar-refractivity contribution >= 4 is 17.4 Å². The van der Waals surface area contributed by atoms with Crippen molar-refractivity contribution in [1.82, 2.24) is 0 Å². The van der Waals surface area contributed by atoms with Crippen LogP contribution in [0.2, 0.25) is 0 Å². The monoisotopic (exact) mass is 239 g/mol. The van der Waals surface area contributed by atoms with Crippen molar-refractivity contribution in [3.8, 4) is 5.75 Å². The zero-order chi connectivity index (χ0) is 12.0. The average Bonchev–Trinajstić information content (AvgIpc) is 2.19. The molecule has 0 bridgehead atoms. The number of hydrogen-bond acceptors (Lipinski definition) is 3. The summed E-state index contributed by atoms with van der Waals surface area (Å²) in [6, 6.07) is 7.54. The van der Waals surface area contributed by atoms with Gasteiger partial charge in [-0.05, 0) is 36.4 Å². The second-order valence-corrected chi connectivity index (χ2v) is 6.65. The Bertz CT molecular complexity index is 303. The molecular weight excluding hydrogens is 218 g/mol. The molecule has 90 valence electrons. The maximum atomic E-state index is 5.61. The van der Waals surface area contributed by atoms with Crippen LogP contribution in [0, 0.1) is 0 Å². The van der Waals surface area contributed by atoms with Crippen molar-refractivity contribution in [2.45, 2.75) is 31.9 Å². The number of rotatable bonds is 5. The van der Waals surface area contributed by atoms with Crippen LogP contribution in [-0.2, 0) is 0 Å². The van der Waals surface area contributed by atoms with E-state index >= 15 is 0 Å². The van der Waals surface area contributed by atoms with E-state index in [9.17, 15) is 0 Å². The Morgan fingerprint density at radius 2 is 1.81 bits per heavy atom. The van der Waals surface area contributed by atoms with Gasteiger partial charge in [-0.3, -0.25) is 0 Å². The topological polar surface area (TPSA) is 35.2 Å². The minimum absolute atomic E-state index is 0.348. The minimum atomic E-state index is 0.348. The lowest BCUT2D eigenvalue weighted by Crippen LogP contribution is -2.09. The number of ether oxygens (including phenoxy) is 1. The Hall–Kier alpha value is -0.830. The summed E-state index contributed by atoms with van der Waals surface area (Å²) in [6.45, 7) is 7.47. The molecule has 2 nitrogen and oxygen atoms in total. The molecule has 0 aliphatic rings. The van der Waals surface area contributed by atoms with Crippen molar-refractivity contribution in [2.24, 2.45) is 0 Å². The molecule has 0 aliphatic heterocycles. The summed E-state index contributed by atoms with van der Waals surface area (Å²) >= 11 is 1.97. The lowest BCUT2D eigenvalue weighted by Gasteiger charge is -2.17. The number of thioether (sulfide) groups is 1. The van der Waals surface area contributed by atoms with Gasteiger partial charge in [-0.1, -0.05) is 20.8 Å². The standard InChI is InChI=1S/C13H21NOS/c1-13(2,3)16-10-4-9-15-12-7-5-11(14)6-8-12/h5-8H,4,9-10,14H2,1-3H3. The average molecular weight is 239 g/mol. The van der Waals surface area contributed by atoms with E-state index in [0.717, 1.165) is 30.2 Å². The third-order valence-corrected chi connectivity index (χ3v) is 3.33. The molecule has 0 amide bonds. The van der Waals surface area contributed by atoms with E-state index in [-0.39, 0.29) is 0 Å². The van der Waals surface area contributed by atoms with Crippen molar-refractivity contribution in [3.63, 3.8) is 0 Å². The molecule has 1 rings (SSSR count). The third-order valence-electron chi connectivity index (χ3n) is 1.97. The summed E-state index contributed by atoms with van der Waals surface area (Å²) in [6.07, 6.45) is 1.08. The normalized spacial score (nSPS) is 11.4. The Kier molecular flexibility index (Phi) is 5.00. The maximum absolute atomic E-state index is 5.61. The predicted octanol–water partition coefficient (Wildman–Crippen LogP) is 3.57. The van der Waals surface area contributed by atoms with Crippen LogP contribution in [0.25, 0.3) is 0 Å². The molecule has 0 unspecified atom stereocenters. The van der Waals surface area contributed by atoms with E-state index in [2.05, 4.69) is 20.8 Å². The van der Waals surface area contributed by atoms with E-state index < -0.39 is 0 Å². The second-order valence-electron chi connectivity index (χ2n) is 4.73. The van der Waals surface area contributed by atoms with Gasteiger partial charge in [0, 0.05) is 10.4 Å². The minimum Gasteiger partial charge on any atom is -0.494 e. The summed E-state index contributed by atoms with van der Waals surface area (Å²) in [4.78, 5) is 0. The highest BCUT2D eigenvalue weighted by Gasteiger charge is 2.09. The summed E-state index contributed by atoms with van der Waals surface area (Å²) in [5.41, 5.74) is 6.37. The van der Waals surface area contributed by atoms with Gasteiger partial charge in [-0.25, -0.2) is 0 Å². The molecule has 0 aliphatic carbocycles. The largest absolute Gasteiger partial charge is 0.494 e. The molecule has 1 aromatic carbocycles. The van der Waals surface area contributed by atoms with Crippen LogP contribution in [0.5, 0.6) is 5.75 Å². The SMILES string of the molecule is CC(C)(C)SCCCOc1ccc(N)cc1. The molecular formula is C13H21NOS. The number of anilines is 1. The summed E-state index contributed by atoms with van der Waals surface area (Å²) in [5, 5.41) is 0. The van der Waals surface area contributed by atoms with E-state index in [4.69, 9.17) is 10.5 Å². The van der Waals surface area contributed by atoms with E-state index in [1.54, 1.807) is 0 Å². The van der Waals surface area contributed by atoms with Crippen molar-refractivity contribution in [2.75, 3.05) is 18.1 Å². The number of nitrogen functional groups attached to an aromatic ring is 1. The predicted molar refractivity (Wildman–Crippen MR) is 73.2 cm³/mol. The molecule has 1 aromatic rings. The van der Waals surface area contributed by atoms with Crippen LogP contribution in [0.15, 0.2) is 24.3 Å². The van der Waals surface area contributed by atoms with Gasteiger partial charge < -0.3 is 10.5 Å². The third kappa shape index (κ3) is 5.91. The highest BCUT2D eigenvalue weighted by molar-refractivity contribution is 8.00.